The lowest BCUT2D eigenvalue weighted by atomic mass is 10.2. The molecular weight excluding hydrogens is 277 g/mol. The maximum atomic E-state index is 11.1. The summed E-state index contributed by atoms with van der Waals surface area (Å²) in [4.78, 5) is 0. The molecule has 1 N–H and O–H groups in total. The first kappa shape index (κ1) is 15.0. The van der Waals surface area contributed by atoms with Crippen molar-refractivity contribution in [2.45, 2.75) is 25.1 Å². The van der Waals surface area contributed by atoms with Crippen LogP contribution in [-0.4, -0.2) is 22.3 Å². The van der Waals surface area contributed by atoms with Crippen molar-refractivity contribution < 1.29 is 4.21 Å². The van der Waals surface area contributed by atoms with Crippen LogP contribution in [0.15, 0.2) is 18.2 Å². The van der Waals surface area contributed by atoms with Crippen LogP contribution >= 0.6 is 23.2 Å². The van der Waals surface area contributed by atoms with Crippen molar-refractivity contribution in [1.29, 1.82) is 0 Å². The maximum Gasteiger partial charge on any atom is 0.0465 e. The van der Waals surface area contributed by atoms with E-state index in [2.05, 4.69) is 5.32 Å². The molecule has 1 aromatic carbocycles. The van der Waals surface area contributed by atoms with Crippen LogP contribution in [-0.2, 0) is 17.3 Å². The summed E-state index contributed by atoms with van der Waals surface area (Å²) in [5.74, 6) is 0. The van der Waals surface area contributed by atoms with Gasteiger partial charge in [-0.2, -0.15) is 0 Å². The molecule has 1 aromatic rings. The molecule has 2 atom stereocenters. The van der Waals surface area contributed by atoms with Crippen LogP contribution in [0, 0.1) is 0 Å². The van der Waals surface area contributed by atoms with E-state index in [1.807, 2.05) is 19.1 Å². The molecule has 0 spiro atoms. The summed E-state index contributed by atoms with van der Waals surface area (Å²) in [5.41, 5.74) is 1.03. The Hall–Kier alpha value is -0.0900. The predicted octanol–water partition coefficient (Wildman–Crippen LogP) is 3.24. The van der Waals surface area contributed by atoms with E-state index in [9.17, 15) is 4.21 Å². The Bertz CT molecular complexity index is 398. The summed E-state index contributed by atoms with van der Waals surface area (Å²) in [5, 5.41) is 4.84. The molecule has 2 nitrogen and oxygen atoms in total. The molecule has 17 heavy (non-hydrogen) atoms. The molecule has 0 aliphatic carbocycles. The Balaban J connectivity index is 2.34. The fourth-order valence-corrected chi connectivity index (χ4v) is 2.28. The molecule has 1 rings (SSSR count). The summed E-state index contributed by atoms with van der Waals surface area (Å²) in [6, 6.07) is 5.48. The van der Waals surface area contributed by atoms with Crippen LogP contribution in [0.25, 0.3) is 0 Å². The zero-order valence-corrected chi connectivity index (χ0v) is 12.3. The highest BCUT2D eigenvalue weighted by molar-refractivity contribution is 7.84. The van der Waals surface area contributed by atoms with Crippen molar-refractivity contribution in [1.82, 2.24) is 5.32 Å². The van der Waals surface area contributed by atoms with Gasteiger partial charge in [-0.1, -0.05) is 36.2 Å². The molecule has 0 heterocycles. The van der Waals surface area contributed by atoms with Crippen LogP contribution in [0.5, 0.6) is 0 Å². The van der Waals surface area contributed by atoms with Crippen molar-refractivity contribution in [3.63, 3.8) is 0 Å². The lowest BCUT2D eigenvalue weighted by Crippen LogP contribution is -2.21. The van der Waals surface area contributed by atoms with Gasteiger partial charge in [0.1, 0.15) is 0 Å². The van der Waals surface area contributed by atoms with Gasteiger partial charge in [-0.15, -0.1) is 0 Å². The number of hydrogen-bond donors (Lipinski definition) is 1. The summed E-state index contributed by atoms with van der Waals surface area (Å²) in [6.07, 6.45) is 2.63. The minimum atomic E-state index is -0.749. The average molecular weight is 294 g/mol. The number of halogens is 2. The first-order chi connectivity index (χ1) is 8.00. The zero-order valence-electron chi connectivity index (χ0n) is 10.0. The zero-order chi connectivity index (χ0) is 12.8. The van der Waals surface area contributed by atoms with E-state index in [1.165, 1.54) is 0 Å². The van der Waals surface area contributed by atoms with Gasteiger partial charge in [0.15, 0.2) is 0 Å². The van der Waals surface area contributed by atoms with Gasteiger partial charge < -0.3 is 5.32 Å². The highest BCUT2D eigenvalue weighted by Crippen LogP contribution is 2.20. The van der Waals surface area contributed by atoms with Gasteiger partial charge in [0, 0.05) is 38.9 Å². The normalized spacial score (nSPS) is 14.6. The minimum absolute atomic E-state index is 0.225. The Morgan fingerprint density at radius 1 is 1.41 bits per heavy atom. The molecule has 0 aliphatic heterocycles. The van der Waals surface area contributed by atoms with E-state index in [4.69, 9.17) is 23.2 Å². The van der Waals surface area contributed by atoms with Gasteiger partial charge in [-0.05, 0) is 30.7 Å². The number of benzene rings is 1. The van der Waals surface area contributed by atoms with Crippen molar-refractivity contribution in [2.24, 2.45) is 0 Å². The van der Waals surface area contributed by atoms with Gasteiger partial charge in [-0.25, -0.2) is 0 Å². The highest BCUT2D eigenvalue weighted by Gasteiger charge is 2.05. The van der Waals surface area contributed by atoms with E-state index < -0.39 is 10.8 Å². The molecule has 0 saturated carbocycles. The van der Waals surface area contributed by atoms with Crippen molar-refractivity contribution in [3.05, 3.63) is 33.8 Å². The predicted molar refractivity (Wildman–Crippen MR) is 76.3 cm³/mol. The van der Waals surface area contributed by atoms with Crippen LogP contribution in [0.3, 0.4) is 0 Å². The molecule has 2 unspecified atom stereocenters. The van der Waals surface area contributed by atoms with E-state index in [1.54, 1.807) is 12.3 Å². The Morgan fingerprint density at radius 2 is 2.12 bits per heavy atom. The maximum absolute atomic E-state index is 11.1. The number of rotatable bonds is 6. The third-order valence-electron chi connectivity index (χ3n) is 2.62. The lowest BCUT2D eigenvalue weighted by Gasteiger charge is -2.10. The second-order valence-electron chi connectivity index (χ2n) is 4.01. The molecular formula is C12H17Cl2NOS. The third kappa shape index (κ3) is 5.38. The SMILES string of the molecule is CC(CCNCc1ccc(Cl)cc1Cl)S(C)=O. The minimum Gasteiger partial charge on any atom is -0.313 e. The quantitative estimate of drug-likeness (QED) is 0.816. The second-order valence-corrected chi connectivity index (χ2v) is 6.66. The smallest absolute Gasteiger partial charge is 0.0465 e. The average Bonchev–Trinajstić information content (AvgIpc) is 2.26. The van der Waals surface area contributed by atoms with Crippen LogP contribution < -0.4 is 5.32 Å². The molecule has 0 fully saturated rings. The number of hydrogen-bond acceptors (Lipinski definition) is 2. The first-order valence-electron chi connectivity index (χ1n) is 5.47. The monoisotopic (exact) mass is 293 g/mol. The summed E-state index contributed by atoms with van der Waals surface area (Å²) in [7, 11) is -0.749. The summed E-state index contributed by atoms with van der Waals surface area (Å²) >= 11 is 11.9. The van der Waals surface area contributed by atoms with Gasteiger partial charge in [0.05, 0.1) is 0 Å². The van der Waals surface area contributed by atoms with Crippen LogP contribution in [0.1, 0.15) is 18.9 Å². The fraction of sp³-hybridized carbons (Fsp3) is 0.500. The van der Waals surface area contributed by atoms with E-state index in [-0.39, 0.29) is 5.25 Å². The highest BCUT2D eigenvalue weighted by atomic mass is 35.5. The molecule has 0 aliphatic rings. The van der Waals surface area contributed by atoms with Crippen molar-refractivity contribution in [2.75, 3.05) is 12.8 Å². The molecule has 0 bridgehead atoms. The van der Waals surface area contributed by atoms with Crippen molar-refractivity contribution in [3.8, 4) is 0 Å². The third-order valence-corrected chi connectivity index (χ3v) is 4.58. The van der Waals surface area contributed by atoms with Crippen LogP contribution in [0.4, 0.5) is 0 Å². The molecule has 0 radical (unpaired) electrons. The van der Waals surface area contributed by atoms with E-state index in [0.29, 0.717) is 16.6 Å². The first-order valence-corrected chi connectivity index (χ1v) is 7.85. The fourth-order valence-electron chi connectivity index (χ4n) is 1.36. The van der Waals surface area contributed by atoms with Gasteiger partial charge in [0.25, 0.3) is 0 Å². The molecule has 5 heteroatoms. The Labute approximate surface area is 115 Å². The van der Waals surface area contributed by atoms with E-state index in [0.717, 1.165) is 18.5 Å². The lowest BCUT2D eigenvalue weighted by molar-refractivity contribution is 0.629. The summed E-state index contributed by atoms with van der Waals surface area (Å²) in [6.45, 7) is 3.53. The Kier molecular flexibility index (Phi) is 6.49. The largest absolute Gasteiger partial charge is 0.313 e. The molecule has 96 valence electrons. The molecule has 0 amide bonds. The Morgan fingerprint density at radius 3 is 2.71 bits per heavy atom. The van der Waals surface area contributed by atoms with Gasteiger partial charge >= 0.3 is 0 Å². The van der Waals surface area contributed by atoms with Gasteiger partial charge in [-0.3, -0.25) is 4.21 Å². The van der Waals surface area contributed by atoms with E-state index >= 15 is 0 Å². The molecule has 0 aromatic heterocycles. The summed E-state index contributed by atoms with van der Waals surface area (Å²) < 4.78 is 11.1. The number of nitrogens with one attached hydrogen (secondary N) is 1. The molecule has 0 saturated heterocycles. The van der Waals surface area contributed by atoms with Crippen LogP contribution in [0.2, 0.25) is 10.0 Å². The standard InChI is InChI=1S/C12H17Cl2NOS/c1-9(17(2)16)5-6-15-8-10-3-4-11(13)7-12(10)14/h3-4,7,9,15H,5-6,8H2,1-2H3. The topological polar surface area (TPSA) is 29.1 Å². The van der Waals surface area contributed by atoms with Crippen molar-refractivity contribution >= 4 is 34.0 Å². The second kappa shape index (κ2) is 7.37. The van der Waals surface area contributed by atoms with Gasteiger partial charge in [0.2, 0.25) is 0 Å².